The Balaban J connectivity index is 1.57. The summed E-state index contributed by atoms with van der Waals surface area (Å²) in [4.78, 5) is 22.2. The van der Waals surface area contributed by atoms with Crippen molar-refractivity contribution >= 4 is 5.91 Å². The zero-order valence-electron chi connectivity index (χ0n) is 14.7. The molecule has 26 heavy (non-hydrogen) atoms. The van der Waals surface area contributed by atoms with Crippen LogP contribution in [0, 0.1) is 5.82 Å². The van der Waals surface area contributed by atoms with Crippen LogP contribution >= 0.6 is 0 Å². The van der Waals surface area contributed by atoms with Crippen molar-refractivity contribution < 1.29 is 9.18 Å². The zero-order chi connectivity index (χ0) is 18.4. The van der Waals surface area contributed by atoms with Crippen molar-refractivity contribution in [3.63, 3.8) is 0 Å². The van der Waals surface area contributed by atoms with Crippen molar-refractivity contribution in [2.45, 2.75) is 25.9 Å². The predicted molar refractivity (Wildman–Crippen MR) is 96.8 cm³/mol. The molecule has 0 fully saturated rings. The van der Waals surface area contributed by atoms with Gasteiger partial charge in [0.2, 0.25) is 5.91 Å². The number of imidazole rings is 1. The number of amides is 1. The molecule has 3 rings (SSSR count). The van der Waals surface area contributed by atoms with Gasteiger partial charge in [-0.05, 0) is 23.6 Å². The van der Waals surface area contributed by atoms with Gasteiger partial charge in [0.1, 0.15) is 11.6 Å². The largest absolute Gasteiger partial charge is 0.338 e. The minimum absolute atomic E-state index is 0.0106. The average Bonchev–Trinajstić information content (AvgIpc) is 3.07. The molecule has 0 bridgehead atoms. The molecule has 0 unspecified atom stereocenters. The Labute approximate surface area is 152 Å². The van der Waals surface area contributed by atoms with Crippen molar-refractivity contribution in [1.29, 1.82) is 0 Å². The Morgan fingerprint density at radius 3 is 2.77 bits per heavy atom. The van der Waals surface area contributed by atoms with E-state index < -0.39 is 0 Å². The molecule has 0 radical (unpaired) electrons. The van der Waals surface area contributed by atoms with Crippen LogP contribution < -0.4 is 0 Å². The summed E-state index contributed by atoms with van der Waals surface area (Å²) in [6.45, 7) is 1.15. The molecular formula is C20H21FN4O. The van der Waals surface area contributed by atoms with E-state index in [-0.39, 0.29) is 11.7 Å². The third-order valence-electron chi connectivity index (χ3n) is 4.19. The third kappa shape index (κ3) is 4.75. The summed E-state index contributed by atoms with van der Waals surface area (Å²) in [5.41, 5.74) is 1.90. The molecule has 0 atom stereocenters. The molecule has 0 aliphatic rings. The van der Waals surface area contributed by atoms with Crippen LogP contribution in [0.5, 0.6) is 0 Å². The molecule has 6 heteroatoms. The van der Waals surface area contributed by atoms with E-state index in [4.69, 9.17) is 0 Å². The summed E-state index contributed by atoms with van der Waals surface area (Å²) >= 11 is 0. The first-order valence-electron chi connectivity index (χ1n) is 8.49. The Kier molecular flexibility index (Phi) is 5.73. The standard InChI is InChI=1S/C20H21FN4O/c1-24(20(26)8-7-17-11-18(21)13-22-12-17)15-19-23-9-10-25(19)14-16-5-3-2-4-6-16/h2-6,9-13H,7-8,14-15H2,1H3. The van der Waals surface area contributed by atoms with Gasteiger partial charge < -0.3 is 9.47 Å². The fourth-order valence-electron chi connectivity index (χ4n) is 2.75. The first kappa shape index (κ1) is 17.8. The quantitative estimate of drug-likeness (QED) is 0.657. The molecule has 1 amide bonds. The number of hydrogen-bond donors (Lipinski definition) is 0. The maximum absolute atomic E-state index is 13.2. The molecule has 2 aromatic heterocycles. The lowest BCUT2D eigenvalue weighted by Crippen LogP contribution is -2.28. The van der Waals surface area contributed by atoms with Gasteiger partial charge in [0.05, 0.1) is 12.7 Å². The Hall–Kier alpha value is -3.02. The fourth-order valence-corrected chi connectivity index (χ4v) is 2.75. The molecule has 0 spiro atoms. The van der Waals surface area contributed by atoms with E-state index in [9.17, 15) is 9.18 Å². The Bertz CT molecular complexity index is 863. The van der Waals surface area contributed by atoms with Gasteiger partial charge in [0, 0.05) is 38.6 Å². The van der Waals surface area contributed by atoms with Gasteiger partial charge >= 0.3 is 0 Å². The number of aryl methyl sites for hydroxylation is 1. The molecule has 2 heterocycles. The summed E-state index contributed by atoms with van der Waals surface area (Å²) in [5, 5.41) is 0. The molecule has 134 valence electrons. The molecule has 5 nitrogen and oxygen atoms in total. The molecule has 0 aliphatic carbocycles. The van der Waals surface area contributed by atoms with Gasteiger partial charge in [-0.25, -0.2) is 9.37 Å². The van der Waals surface area contributed by atoms with Crippen molar-refractivity contribution in [3.05, 3.63) is 84.0 Å². The van der Waals surface area contributed by atoms with Crippen LogP contribution in [0.2, 0.25) is 0 Å². The number of carbonyl (C=O) groups excluding carboxylic acids is 1. The topological polar surface area (TPSA) is 51.0 Å². The summed E-state index contributed by atoms with van der Waals surface area (Å²) in [7, 11) is 1.76. The summed E-state index contributed by atoms with van der Waals surface area (Å²) in [5.74, 6) is 0.437. The van der Waals surface area contributed by atoms with Gasteiger partial charge in [0.25, 0.3) is 0 Å². The number of nitrogens with zero attached hydrogens (tertiary/aromatic N) is 4. The number of pyridine rings is 1. The molecule has 0 N–H and O–H groups in total. The highest BCUT2D eigenvalue weighted by molar-refractivity contribution is 5.76. The van der Waals surface area contributed by atoms with Crippen LogP contribution in [0.15, 0.2) is 61.2 Å². The zero-order valence-corrected chi connectivity index (χ0v) is 14.7. The second kappa shape index (κ2) is 8.38. The third-order valence-corrected chi connectivity index (χ3v) is 4.19. The van der Waals surface area contributed by atoms with E-state index in [1.54, 1.807) is 24.3 Å². The lowest BCUT2D eigenvalue weighted by atomic mass is 10.1. The summed E-state index contributed by atoms with van der Waals surface area (Å²) in [6.07, 6.45) is 7.18. The van der Waals surface area contributed by atoms with Gasteiger partial charge in [-0.15, -0.1) is 0 Å². The first-order chi connectivity index (χ1) is 12.6. The molecule has 0 aliphatic heterocycles. The average molecular weight is 352 g/mol. The van der Waals surface area contributed by atoms with Gasteiger partial charge in [-0.2, -0.15) is 0 Å². The van der Waals surface area contributed by atoms with E-state index in [0.717, 1.165) is 17.6 Å². The molecular weight excluding hydrogens is 331 g/mol. The number of carbonyl (C=O) groups is 1. The number of rotatable bonds is 7. The maximum Gasteiger partial charge on any atom is 0.223 e. The number of halogens is 1. The monoisotopic (exact) mass is 352 g/mol. The lowest BCUT2D eigenvalue weighted by molar-refractivity contribution is -0.130. The minimum atomic E-state index is -0.383. The van der Waals surface area contributed by atoms with Gasteiger partial charge in [0.15, 0.2) is 0 Å². The highest BCUT2D eigenvalue weighted by Gasteiger charge is 2.13. The number of hydrogen-bond acceptors (Lipinski definition) is 3. The minimum Gasteiger partial charge on any atom is -0.338 e. The van der Waals surface area contributed by atoms with Crippen LogP contribution in [0.3, 0.4) is 0 Å². The molecule has 0 saturated heterocycles. The lowest BCUT2D eigenvalue weighted by Gasteiger charge is -2.18. The van der Waals surface area contributed by atoms with Gasteiger partial charge in [-0.1, -0.05) is 30.3 Å². The Morgan fingerprint density at radius 2 is 2.00 bits per heavy atom. The predicted octanol–water partition coefficient (Wildman–Crippen LogP) is 3.06. The van der Waals surface area contributed by atoms with E-state index in [1.807, 2.05) is 29.0 Å². The fraction of sp³-hybridized carbons (Fsp3) is 0.250. The van der Waals surface area contributed by atoms with E-state index >= 15 is 0 Å². The number of benzene rings is 1. The molecule has 0 saturated carbocycles. The van der Waals surface area contributed by atoms with Crippen LogP contribution in [-0.4, -0.2) is 32.4 Å². The van der Waals surface area contributed by atoms with Crippen LogP contribution in [0.1, 0.15) is 23.4 Å². The first-order valence-corrected chi connectivity index (χ1v) is 8.49. The number of aromatic nitrogens is 3. The Morgan fingerprint density at radius 1 is 1.19 bits per heavy atom. The normalized spacial score (nSPS) is 10.7. The van der Waals surface area contributed by atoms with Crippen LogP contribution in [0.25, 0.3) is 0 Å². The van der Waals surface area contributed by atoms with Crippen LogP contribution in [0.4, 0.5) is 4.39 Å². The van der Waals surface area contributed by atoms with E-state index in [0.29, 0.717) is 25.9 Å². The van der Waals surface area contributed by atoms with E-state index in [1.165, 1.54) is 11.6 Å². The summed E-state index contributed by atoms with van der Waals surface area (Å²) in [6, 6.07) is 11.5. The van der Waals surface area contributed by atoms with E-state index in [2.05, 4.69) is 22.1 Å². The maximum atomic E-state index is 13.2. The molecule has 1 aromatic carbocycles. The smallest absolute Gasteiger partial charge is 0.223 e. The highest BCUT2D eigenvalue weighted by atomic mass is 19.1. The van der Waals surface area contributed by atoms with Crippen LogP contribution in [-0.2, 0) is 24.3 Å². The molecule has 3 aromatic rings. The highest BCUT2D eigenvalue weighted by Crippen LogP contribution is 2.10. The van der Waals surface area contributed by atoms with Crippen molar-refractivity contribution in [1.82, 2.24) is 19.4 Å². The van der Waals surface area contributed by atoms with Gasteiger partial charge in [-0.3, -0.25) is 9.78 Å². The van der Waals surface area contributed by atoms with Crippen molar-refractivity contribution in [2.24, 2.45) is 0 Å². The van der Waals surface area contributed by atoms with Crippen molar-refractivity contribution in [2.75, 3.05) is 7.05 Å². The SMILES string of the molecule is CN(Cc1nccn1Cc1ccccc1)C(=O)CCc1cncc(F)c1. The van der Waals surface area contributed by atoms with Crippen molar-refractivity contribution in [3.8, 4) is 0 Å². The summed E-state index contributed by atoms with van der Waals surface area (Å²) < 4.78 is 15.2. The second-order valence-electron chi connectivity index (χ2n) is 6.22. The second-order valence-corrected chi connectivity index (χ2v) is 6.22.